The van der Waals surface area contributed by atoms with Gasteiger partial charge in [-0.15, -0.1) is 24.0 Å². The molecule has 1 aliphatic rings. The van der Waals surface area contributed by atoms with Crippen LogP contribution in [0.2, 0.25) is 0 Å². The van der Waals surface area contributed by atoms with Crippen LogP contribution >= 0.6 is 24.0 Å². The summed E-state index contributed by atoms with van der Waals surface area (Å²) < 4.78 is 32.7. The number of morpholine rings is 1. The summed E-state index contributed by atoms with van der Waals surface area (Å²) in [6.07, 6.45) is 0.256. The molecule has 1 aliphatic heterocycles. The number of halogens is 3. The molecule has 2 N–H and O–H groups in total. The van der Waals surface area contributed by atoms with Crippen LogP contribution < -0.4 is 10.6 Å². The fourth-order valence-corrected chi connectivity index (χ4v) is 2.88. The minimum Gasteiger partial charge on any atom is -0.379 e. The summed E-state index contributed by atoms with van der Waals surface area (Å²) in [5.41, 5.74) is 0.0538. The monoisotopic (exact) mass is 482 g/mol. The number of benzene rings is 1. The first-order valence-electron chi connectivity index (χ1n) is 8.64. The molecule has 0 spiro atoms. The normalized spacial score (nSPS) is 16.1. The fourth-order valence-electron chi connectivity index (χ4n) is 2.88. The number of hydrogen-bond acceptors (Lipinski definition) is 3. The number of rotatable bonds is 6. The van der Waals surface area contributed by atoms with Crippen molar-refractivity contribution in [3.63, 3.8) is 0 Å². The lowest BCUT2D eigenvalue weighted by Gasteiger charge is -2.41. The van der Waals surface area contributed by atoms with E-state index in [0.717, 1.165) is 26.3 Å². The molecule has 148 valence electrons. The van der Waals surface area contributed by atoms with E-state index in [1.54, 1.807) is 7.05 Å². The SMILES string of the molecule is CN=C(NCCc1c(F)cccc1F)NCC(C)(C)N1CCOCC1.I. The minimum absolute atomic E-state index is 0. The summed E-state index contributed by atoms with van der Waals surface area (Å²) >= 11 is 0. The van der Waals surface area contributed by atoms with Crippen molar-refractivity contribution in [2.45, 2.75) is 25.8 Å². The first-order valence-corrected chi connectivity index (χ1v) is 8.64. The summed E-state index contributed by atoms with van der Waals surface area (Å²) in [6.45, 7) is 8.78. The molecule has 0 atom stereocenters. The lowest BCUT2D eigenvalue weighted by molar-refractivity contribution is -0.00833. The Kier molecular flexibility index (Phi) is 9.73. The molecule has 1 fully saturated rings. The number of hydrogen-bond donors (Lipinski definition) is 2. The van der Waals surface area contributed by atoms with Gasteiger partial charge in [0.1, 0.15) is 11.6 Å². The predicted octanol–water partition coefficient (Wildman–Crippen LogP) is 2.40. The largest absolute Gasteiger partial charge is 0.379 e. The van der Waals surface area contributed by atoms with Crippen LogP contribution in [0, 0.1) is 11.6 Å². The van der Waals surface area contributed by atoms with Gasteiger partial charge in [0.2, 0.25) is 0 Å². The van der Waals surface area contributed by atoms with Gasteiger partial charge in [-0.1, -0.05) is 6.07 Å². The van der Waals surface area contributed by atoms with E-state index >= 15 is 0 Å². The van der Waals surface area contributed by atoms with Crippen molar-refractivity contribution in [3.8, 4) is 0 Å². The van der Waals surface area contributed by atoms with Crippen molar-refractivity contribution < 1.29 is 13.5 Å². The Balaban J connectivity index is 0.00000338. The second-order valence-corrected chi connectivity index (χ2v) is 6.71. The third kappa shape index (κ3) is 6.62. The number of guanidine groups is 1. The third-order valence-corrected chi connectivity index (χ3v) is 4.51. The molecule has 0 amide bonds. The molecular formula is C18H29F2IN4O. The van der Waals surface area contributed by atoms with Crippen LogP contribution in [0.25, 0.3) is 0 Å². The summed E-state index contributed by atoms with van der Waals surface area (Å²) in [5, 5.41) is 6.40. The molecular weight excluding hydrogens is 453 g/mol. The van der Waals surface area contributed by atoms with Gasteiger partial charge >= 0.3 is 0 Å². The second kappa shape index (κ2) is 11.0. The van der Waals surface area contributed by atoms with Gasteiger partial charge in [0.25, 0.3) is 0 Å². The average molecular weight is 482 g/mol. The maximum absolute atomic E-state index is 13.6. The first kappa shape index (κ1) is 23.0. The second-order valence-electron chi connectivity index (χ2n) is 6.71. The van der Waals surface area contributed by atoms with Crippen molar-refractivity contribution in [1.82, 2.24) is 15.5 Å². The van der Waals surface area contributed by atoms with Crippen LogP contribution in [-0.4, -0.2) is 62.8 Å². The zero-order valence-corrected chi connectivity index (χ0v) is 18.0. The van der Waals surface area contributed by atoms with Gasteiger partial charge in [0.15, 0.2) is 5.96 Å². The Morgan fingerprint density at radius 3 is 2.38 bits per heavy atom. The van der Waals surface area contributed by atoms with Gasteiger partial charge in [0, 0.05) is 44.3 Å². The molecule has 2 rings (SSSR count). The van der Waals surface area contributed by atoms with Crippen molar-refractivity contribution in [3.05, 3.63) is 35.4 Å². The Morgan fingerprint density at radius 2 is 1.81 bits per heavy atom. The highest BCUT2D eigenvalue weighted by molar-refractivity contribution is 14.0. The Hall–Kier alpha value is -1.00. The molecule has 5 nitrogen and oxygen atoms in total. The first-order chi connectivity index (χ1) is 11.9. The van der Waals surface area contributed by atoms with Gasteiger partial charge in [-0.3, -0.25) is 9.89 Å². The average Bonchev–Trinajstić information content (AvgIpc) is 2.61. The van der Waals surface area contributed by atoms with E-state index in [4.69, 9.17) is 4.74 Å². The zero-order valence-electron chi connectivity index (χ0n) is 15.6. The Bertz CT molecular complexity index is 572. The van der Waals surface area contributed by atoms with Gasteiger partial charge in [-0.05, 0) is 32.4 Å². The van der Waals surface area contributed by atoms with Crippen molar-refractivity contribution in [2.75, 3.05) is 46.4 Å². The van der Waals surface area contributed by atoms with Crippen molar-refractivity contribution in [1.29, 1.82) is 0 Å². The molecule has 0 bridgehead atoms. The van der Waals surface area contributed by atoms with E-state index in [1.165, 1.54) is 18.2 Å². The van der Waals surface area contributed by atoms with Crippen LogP contribution in [0.3, 0.4) is 0 Å². The molecule has 1 aromatic carbocycles. The van der Waals surface area contributed by atoms with E-state index in [2.05, 4.69) is 34.4 Å². The maximum Gasteiger partial charge on any atom is 0.191 e. The number of nitrogens with one attached hydrogen (secondary N) is 2. The maximum atomic E-state index is 13.6. The number of aliphatic imine (C=N–C) groups is 1. The highest BCUT2D eigenvalue weighted by Crippen LogP contribution is 2.15. The van der Waals surface area contributed by atoms with E-state index in [1.807, 2.05) is 0 Å². The zero-order chi connectivity index (χ0) is 18.3. The molecule has 0 aromatic heterocycles. The van der Waals surface area contributed by atoms with Gasteiger partial charge in [-0.25, -0.2) is 8.78 Å². The molecule has 0 radical (unpaired) electrons. The van der Waals surface area contributed by atoms with Crippen LogP contribution in [-0.2, 0) is 11.2 Å². The molecule has 0 unspecified atom stereocenters. The standard InChI is InChI=1S/C18H28F2N4O.HI/c1-18(2,24-9-11-25-12-10-24)13-23-17(21-3)22-8-7-14-15(19)5-4-6-16(14)20;/h4-6H,7-13H2,1-3H3,(H2,21,22,23);1H. The summed E-state index contributed by atoms with van der Waals surface area (Å²) in [5.74, 6) is -0.408. The smallest absolute Gasteiger partial charge is 0.191 e. The highest BCUT2D eigenvalue weighted by Gasteiger charge is 2.28. The van der Waals surface area contributed by atoms with Crippen molar-refractivity contribution in [2.24, 2.45) is 4.99 Å². The topological polar surface area (TPSA) is 48.9 Å². The molecule has 0 saturated carbocycles. The lowest BCUT2D eigenvalue weighted by Crippen LogP contribution is -2.56. The quantitative estimate of drug-likeness (QED) is 0.372. The van der Waals surface area contributed by atoms with Crippen LogP contribution in [0.5, 0.6) is 0 Å². The summed E-state index contributed by atoms with van der Waals surface area (Å²) in [7, 11) is 1.68. The lowest BCUT2D eigenvalue weighted by atomic mass is 10.0. The van der Waals surface area contributed by atoms with Gasteiger partial charge in [-0.2, -0.15) is 0 Å². The molecule has 26 heavy (non-hydrogen) atoms. The molecule has 0 aliphatic carbocycles. The number of nitrogens with zero attached hydrogens (tertiary/aromatic N) is 2. The highest BCUT2D eigenvalue weighted by atomic mass is 127. The van der Waals surface area contributed by atoms with Crippen molar-refractivity contribution >= 4 is 29.9 Å². The molecule has 1 aromatic rings. The van der Waals surface area contributed by atoms with Crippen LogP contribution in [0.15, 0.2) is 23.2 Å². The predicted molar refractivity (Wildman–Crippen MR) is 111 cm³/mol. The number of ether oxygens (including phenoxy) is 1. The summed E-state index contributed by atoms with van der Waals surface area (Å²) in [6, 6.07) is 3.92. The van der Waals surface area contributed by atoms with E-state index in [9.17, 15) is 8.78 Å². The fraction of sp³-hybridized carbons (Fsp3) is 0.611. The minimum atomic E-state index is -0.516. The van der Waals surface area contributed by atoms with Crippen LogP contribution in [0.4, 0.5) is 8.78 Å². The van der Waals surface area contributed by atoms with E-state index in [-0.39, 0.29) is 41.5 Å². The van der Waals surface area contributed by atoms with E-state index in [0.29, 0.717) is 19.0 Å². The van der Waals surface area contributed by atoms with Crippen LogP contribution in [0.1, 0.15) is 19.4 Å². The van der Waals surface area contributed by atoms with E-state index < -0.39 is 11.6 Å². The Morgan fingerprint density at radius 1 is 1.19 bits per heavy atom. The Labute approximate surface area is 171 Å². The molecule has 1 saturated heterocycles. The van der Waals surface area contributed by atoms with Gasteiger partial charge < -0.3 is 15.4 Å². The summed E-state index contributed by atoms with van der Waals surface area (Å²) in [4.78, 5) is 6.56. The van der Waals surface area contributed by atoms with Gasteiger partial charge in [0.05, 0.1) is 13.2 Å². The third-order valence-electron chi connectivity index (χ3n) is 4.51. The molecule has 1 heterocycles. The molecule has 8 heteroatoms.